The van der Waals surface area contributed by atoms with Crippen LogP contribution in [0, 0.1) is 5.92 Å². The van der Waals surface area contributed by atoms with Crippen LogP contribution in [0.2, 0.25) is 0 Å². The zero-order valence-electron chi connectivity index (χ0n) is 12.7. The van der Waals surface area contributed by atoms with Gasteiger partial charge in [-0.3, -0.25) is 0 Å². The predicted octanol–water partition coefficient (Wildman–Crippen LogP) is 3.08. The molecular formula is C15H18F3NO4. The second-order valence-corrected chi connectivity index (χ2v) is 5.39. The lowest BCUT2D eigenvalue weighted by molar-refractivity contribution is -0.141. The van der Waals surface area contributed by atoms with Crippen molar-refractivity contribution >= 4 is 12.1 Å². The van der Waals surface area contributed by atoms with Crippen LogP contribution < -0.4 is 5.32 Å². The molecule has 128 valence electrons. The van der Waals surface area contributed by atoms with Gasteiger partial charge >= 0.3 is 18.2 Å². The molecule has 0 radical (unpaired) electrons. The molecule has 0 fully saturated rings. The summed E-state index contributed by atoms with van der Waals surface area (Å²) >= 11 is 0. The minimum absolute atomic E-state index is 0.0509. The fraction of sp³-hybridized carbons (Fsp3) is 0.467. The maximum absolute atomic E-state index is 12.9. The summed E-state index contributed by atoms with van der Waals surface area (Å²) in [7, 11) is 0. The highest BCUT2D eigenvalue weighted by Gasteiger charge is 2.34. The van der Waals surface area contributed by atoms with Gasteiger partial charge in [-0.25, -0.2) is 9.59 Å². The second-order valence-electron chi connectivity index (χ2n) is 5.39. The number of alkyl halides is 3. The van der Waals surface area contributed by atoms with Crippen LogP contribution in [0.15, 0.2) is 24.3 Å². The Morgan fingerprint density at radius 1 is 1.26 bits per heavy atom. The number of carboxylic acids is 1. The van der Waals surface area contributed by atoms with Gasteiger partial charge in [-0.15, -0.1) is 0 Å². The summed E-state index contributed by atoms with van der Waals surface area (Å²) < 4.78 is 43.5. The Bertz CT molecular complexity index is 558. The number of hydrogen-bond acceptors (Lipinski definition) is 3. The van der Waals surface area contributed by atoms with Gasteiger partial charge in [0.2, 0.25) is 0 Å². The number of carboxylic acid groups (broad SMARTS) is 1. The molecular weight excluding hydrogens is 315 g/mol. The van der Waals surface area contributed by atoms with E-state index < -0.39 is 36.3 Å². The Morgan fingerprint density at radius 3 is 2.39 bits per heavy atom. The number of benzene rings is 1. The van der Waals surface area contributed by atoms with E-state index in [-0.39, 0.29) is 18.1 Å². The number of aliphatic carboxylic acids is 1. The van der Waals surface area contributed by atoms with Crippen molar-refractivity contribution in [2.45, 2.75) is 32.5 Å². The minimum atomic E-state index is -4.60. The third-order valence-corrected chi connectivity index (χ3v) is 2.88. The Balaban J connectivity index is 2.86. The third-order valence-electron chi connectivity index (χ3n) is 2.88. The maximum atomic E-state index is 12.9. The molecule has 5 nitrogen and oxygen atoms in total. The summed E-state index contributed by atoms with van der Waals surface area (Å²) in [6.07, 6.45) is -6.07. The van der Waals surface area contributed by atoms with E-state index in [0.717, 1.165) is 6.07 Å². The molecule has 1 aromatic carbocycles. The fourth-order valence-corrected chi connectivity index (χ4v) is 1.82. The van der Waals surface area contributed by atoms with Gasteiger partial charge in [-0.05, 0) is 17.5 Å². The Hall–Kier alpha value is -2.25. The number of alkyl carbamates (subject to hydrolysis) is 1. The molecule has 0 aliphatic rings. The number of hydrogen-bond donors (Lipinski definition) is 2. The molecule has 0 saturated heterocycles. The Kier molecular flexibility index (Phi) is 6.41. The molecule has 0 bridgehead atoms. The molecule has 0 aromatic heterocycles. The lowest BCUT2D eigenvalue weighted by Gasteiger charge is -2.18. The number of carbonyl (C=O) groups is 2. The van der Waals surface area contributed by atoms with Crippen molar-refractivity contribution < 1.29 is 32.6 Å². The monoisotopic (exact) mass is 333 g/mol. The molecule has 1 rings (SSSR count). The zero-order valence-corrected chi connectivity index (χ0v) is 12.7. The quantitative estimate of drug-likeness (QED) is 0.839. The van der Waals surface area contributed by atoms with E-state index in [4.69, 9.17) is 9.84 Å². The van der Waals surface area contributed by atoms with E-state index in [9.17, 15) is 22.8 Å². The minimum Gasteiger partial charge on any atom is -0.480 e. The summed E-state index contributed by atoms with van der Waals surface area (Å²) in [5.41, 5.74) is -1.14. The first-order chi connectivity index (χ1) is 10.6. The van der Waals surface area contributed by atoms with Crippen molar-refractivity contribution in [1.82, 2.24) is 5.32 Å². The molecule has 0 unspecified atom stereocenters. The van der Waals surface area contributed by atoms with Crippen molar-refractivity contribution in [1.29, 1.82) is 0 Å². The number of amides is 1. The van der Waals surface area contributed by atoms with E-state index in [1.807, 2.05) is 0 Å². The van der Waals surface area contributed by atoms with Crippen LogP contribution in [0.1, 0.15) is 25.0 Å². The van der Waals surface area contributed by atoms with E-state index >= 15 is 0 Å². The van der Waals surface area contributed by atoms with E-state index in [1.54, 1.807) is 13.8 Å². The Labute approximate surface area is 131 Å². The van der Waals surface area contributed by atoms with Crippen molar-refractivity contribution in [2.24, 2.45) is 5.92 Å². The van der Waals surface area contributed by atoms with Crippen LogP contribution in [0.5, 0.6) is 0 Å². The molecule has 1 amide bonds. The van der Waals surface area contributed by atoms with Gasteiger partial charge in [-0.1, -0.05) is 32.0 Å². The predicted molar refractivity (Wildman–Crippen MR) is 75.9 cm³/mol. The molecule has 8 heteroatoms. The lowest BCUT2D eigenvalue weighted by atomic mass is 10.00. The van der Waals surface area contributed by atoms with Gasteiger partial charge in [0.05, 0.1) is 12.2 Å². The highest BCUT2D eigenvalue weighted by atomic mass is 19.4. The summed E-state index contributed by atoms with van der Waals surface area (Å²) in [5.74, 6) is -1.39. The van der Waals surface area contributed by atoms with Crippen LogP contribution in [0.3, 0.4) is 0 Å². The molecule has 1 aromatic rings. The summed E-state index contributed by atoms with van der Waals surface area (Å²) in [6, 6.07) is 3.12. The summed E-state index contributed by atoms with van der Waals surface area (Å²) in [4.78, 5) is 22.7. The zero-order chi connectivity index (χ0) is 17.6. The highest BCUT2D eigenvalue weighted by molar-refractivity contribution is 5.80. The van der Waals surface area contributed by atoms with Crippen molar-refractivity contribution in [2.75, 3.05) is 6.61 Å². The van der Waals surface area contributed by atoms with Crippen LogP contribution in [-0.2, 0) is 22.1 Å². The number of nitrogens with one attached hydrogen (secondary N) is 1. The second kappa shape index (κ2) is 7.85. The van der Waals surface area contributed by atoms with Crippen LogP contribution in [0.25, 0.3) is 0 Å². The van der Waals surface area contributed by atoms with Crippen molar-refractivity contribution in [3.05, 3.63) is 35.4 Å². The number of carbonyl (C=O) groups excluding carboxylic acids is 1. The van der Waals surface area contributed by atoms with Gasteiger partial charge in [0, 0.05) is 6.42 Å². The lowest BCUT2D eigenvalue weighted by Crippen LogP contribution is -2.43. The number of rotatable bonds is 6. The molecule has 0 saturated carbocycles. The first-order valence-electron chi connectivity index (χ1n) is 6.92. The van der Waals surface area contributed by atoms with Crippen molar-refractivity contribution in [3.8, 4) is 0 Å². The third kappa shape index (κ3) is 6.17. The van der Waals surface area contributed by atoms with E-state index in [2.05, 4.69) is 5.32 Å². The largest absolute Gasteiger partial charge is 0.480 e. The van der Waals surface area contributed by atoms with E-state index in [0.29, 0.717) is 0 Å². The van der Waals surface area contributed by atoms with Crippen LogP contribution in [-0.4, -0.2) is 29.8 Å². The molecule has 0 spiro atoms. The summed E-state index contributed by atoms with van der Waals surface area (Å²) in [6.45, 7) is 3.67. The first kappa shape index (κ1) is 18.8. The molecule has 0 heterocycles. The van der Waals surface area contributed by atoms with Gasteiger partial charge < -0.3 is 15.2 Å². The Morgan fingerprint density at radius 2 is 1.87 bits per heavy atom. The molecule has 0 aliphatic carbocycles. The average molecular weight is 333 g/mol. The van der Waals surface area contributed by atoms with Crippen molar-refractivity contribution in [3.63, 3.8) is 0 Å². The molecule has 0 aliphatic heterocycles. The van der Waals surface area contributed by atoms with Gasteiger partial charge in [-0.2, -0.15) is 13.2 Å². The highest BCUT2D eigenvalue weighted by Crippen LogP contribution is 2.32. The van der Waals surface area contributed by atoms with Gasteiger partial charge in [0.25, 0.3) is 0 Å². The SMILES string of the molecule is CC(C)COC(=O)N[C@H](Cc1ccccc1C(F)(F)F)C(=O)O. The van der Waals surface area contributed by atoms with Crippen LogP contribution in [0.4, 0.5) is 18.0 Å². The smallest absolute Gasteiger partial charge is 0.416 e. The fourth-order valence-electron chi connectivity index (χ4n) is 1.82. The first-order valence-corrected chi connectivity index (χ1v) is 6.92. The van der Waals surface area contributed by atoms with E-state index in [1.165, 1.54) is 18.2 Å². The maximum Gasteiger partial charge on any atom is 0.416 e. The average Bonchev–Trinajstić information content (AvgIpc) is 2.43. The normalized spacial score (nSPS) is 12.8. The number of ether oxygens (including phenoxy) is 1. The molecule has 1 atom stereocenters. The van der Waals surface area contributed by atoms with Gasteiger partial charge in [0.15, 0.2) is 0 Å². The summed E-state index contributed by atoms with van der Waals surface area (Å²) in [5, 5.41) is 11.2. The van der Waals surface area contributed by atoms with Crippen LogP contribution >= 0.6 is 0 Å². The molecule has 23 heavy (non-hydrogen) atoms. The topological polar surface area (TPSA) is 75.6 Å². The molecule has 2 N–H and O–H groups in total. The number of halogens is 3. The standard InChI is InChI=1S/C15H18F3NO4/c1-9(2)8-23-14(22)19-12(13(20)21)7-10-5-3-4-6-11(10)15(16,17)18/h3-6,9,12H,7-8H2,1-2H3,(H,19,22)(H,20,21)/t12-/m1/s1. The van der Waals surface area contributed by atoms with Gasteiger partial charge in [0.1, 0.15) is 6.04 Å².